The fourth-order valence-corrected chi connectivity index (χ4v) is 1.86. The number of phenolic OH excluding ortho intramolecular Hbond substituents is 1. The summed E-state index contributed by atoms with van der Waals surface area (Å²) in [5.74, 6) is 1.51. The van der Waals surface area contributed by atoms with Gasteiger partial charge in [0.25, 0.3) is 0 Å². The second kappa shape index (κ2) is 3.07. The molecule has 2 aromatic rings. The van der Waals surface area contributed by atoms with Gasteiger partial charge in [-0.05, 0) is 31.0 Å². The Morgan fingerprint density at radius 2 is 2.07 bits per heavy atom. The first-order chi connectivity index (χ1) is 7.24. The Morgan fingerprint density at radius 3 is 2.80 bits per heavy atom. The summed E-state index contributed by atoms with van der Waals surface area (Å²) < 4.78 is 0. The average Bonchev–Trinajstić information content (AvgIpc) is 3.02. The zero-order valence-electron chi connectivity index (χ0n) is 7.94. The number of nitrogens with zero attached hydrogens (tertiary/aromatic N) is 2. The predicted molar refractivity (Wildman–Crippen MR) is 58.2 cm³/mol. The Morgan fingerprint density at radius 1 is 1.27 bits per heavy atom. The number of hydrogen-bond donors (Lipinski definition) is 1. The molecular formula is C11H9ClN2O. The van der Waals surface area contributed by atoms with E-state index in [0.717, 1.165) is 24.2 Å². The van der Waals surface area contributed by atoms with Crippen LogP contribution in [0.1, 0.15) is 24.6 Å². The number of rotatable bonds is 1. The van der Waals surface area contributed by atoms with Crippen LogP contribution in [0.5, 0.6) is 5.75 Å². The number of phenols is 1. The summed E-state index contributed by atoms with van der Waals surface area (Å²) in [6.45, 7) is 0. The first-order valence-corrected chi connectivity index (χ1v) is 5.28. The van der Waals surface area contributed by atoms with Crippen LogP contribution in [-0.4, -0.2) is 15.1 Å². The fraction of sp³-hybridized carbons (Fsp3) is 0.273. The number of fused-ring (bicyclic) bond motifs is 1. The van der Waals surface area contributed by atoms with Crippen molar-refractivity contribution in [3.63, 3.8) is 0 Å². The van der Waals surface area contributed by atoms with Gasteiger partial charge in [-0.3, -0.25) is 0 Å². The molecule has 1 heterocycles. The normalized spacial score (nSPS) is 15.8. The molecule has 1 aromatic carbocycles. The van der Waals surface area contributed by atoms with Crippen LogP contribution in [-0.2, 0) is 0 Å². The number of aromatic nitrogens is 2. The standard InChI is InChI=1S/C11H9ClN2O/c12-10-8-5-7(15)3-4-9(8)13-11(14-10)6-1-2-6/h3-6,15H,1-2H2. The van der Waals surface area contributed by atoms with Gasteiger partial charge in [-0.2, -0.15) is 0 Å². The zero-order chi connectivity index (χ0) is 10.4. The molecule has 0 saturated heterocycles. The van der Waals surface area contributed by atoms with Gasteiger partial charge in [0, 0.05) is 11.3 Å². The second-order valence-corrected chi connectivity index (χ2v) is 4.21. The van der Waals surface area contributed by atoms with Crippen molar-refractivity contribution in [1.29, 1.82) is 0 Å². The molecule has 0 bridgehead atoms. The highest BCUT2D eigenvalue weighted by Gasteiger charge is 2.27. The molecular weight excluding hydrogens is 212 g/mol. The fourth-order valence-electron chi connectivity index (χ4n) is 1.62. The monoisotopic (exact) mass is 220 g/mol. The van der Waals surface area contributed by atoms with E-state index < -0.39 is 0 Å². The van der Waals surface area contributed by atoms with Crippen LogP contribution >= 0.6 is 11.6 Å². The second-order valence-electron chi connectivity index (χ2n) is 3.85. The highest BCUT2D eigenvalue weighted by molar-refractivity contribution is 6.34. The van der Waals surface area contributed by atoms with E-state index >= 15 is 0 Å². The van der Waals surface area contributed by atoms with Crippen molar-refractivity contribution in [2.45, 2.75) is 18.8 Å². The molecule has 1 aromatic heterocycles. The van der Waals surface area contributed by atoms with E-state index in [-0.39, 0.29) is 5.75 Å². The smallest absolute Gasteiger partial charge is 0.140 e. The van der Waals surface area contributed by atoms with Gasteiger partial charge < -0.3 is 5.11 Å². The van der Waals surface area contributed by atoms with Gasteiger partial charge in [-0.25, -0.2) is 9.97 Å². The molecule has 1 N–H and O–H groups in total. The van der Waals surface area contributed by atoms with Crippen molar-refractivity contribution in [2.75, 3.05) is 0 Å². The van der Waals surface area contributed by atoms with E-state index in [1.165, 1.54) is 0 Å². The lowest BCUT2D eigenvalue weighted by Gasteiger charge is -2.03. The van der Waals surface area contributed by atoms with Gasteiger partial charge in [0.15, 0.2) is 0 Å². The van der Waals surface area contributed by atoms with Crippen molar-refractivity contribution in [3.05, 3.63) is 29.2 Å². The molecule has 0 radical (unpaired) electrons. The summed E-state index contributed by atoms with van der Waals surface area (Å²) in [5.41, 5.74) is 0.801. The highest BCUT2D eigenvalue weighted by atomic mass is 35.5. The van der Waals surface area contributed by atoms with E-state index in [0.29, 0.717) is 16.5 Å². The number of aromatic hydroxyl groups is 1. The molecule has 1 saturated carbocycles. The molecule has 3 rings (SSSR count). The van der Waals surface area contributed by atoms with Crippen LogP contribution in [0, 0.1) is 0 Å². The molecule has 3 nitrogen and oxygen atoms in total. The molecule has 1 aliphatic carbocycles. The van der Waals surface area contributed by atoms with Crippen LogP contribution in [0.2, 0.25) is 5.15 Å². The van der Waals surface area contributed by atoms with Gasteiger partial charge in [0.2, 0.25) is 0 Å². The lowest BCUT2D eigenvalue weighted by molar-refractivity contribution is 0.476. The first-order valence-electron chi connectivity index (χ1n) is 4.90. The lowest BCUT2D eigenvalue weighted by Crippen LogP contribution is -1.93. The van der Waals surface area contributed by atoms with Crippen LogP contribution in [0.3, 0.4) is 0 Å². The Hall–Kier alpha value is -1.35. The molecule has 0 aliphatic heterocycles. The number of hydrogen-bond acceptors (Lipinski definition) is 3. The molecule has 4 heteroatoms. The van der Waals surface area contributed by atoms with E-state index in [1.807, 2.05) is 0 Å². The Labute approximate surface area is 91.7 Å². The minimum atomic E-state index is 0.187. The molecule has 15 heavy (non-hydrogen) atoms. The molecule has 0 unspecified atom stereocenters. The highest BCUT2D eigenvalue weighted by Crippen LogP contribution is 2.39. The maximum absolute atomic E-state index is 9.33. The third-order valence-corrected chi connectivity index (χ3v) is 2.88. The van der Waals surface area contributed by atoms with Crippen molar-refractivity contribution >= 4 is 22.5 Å². The van der Waals surface area contributed by atoms with Crippen LogP contribution in [0.25, 0.3) is 10.9 Å². The lowest BCUT2D eigenvalue weighted by atomic mass is 10.2. The predicted octanol–water partition coefficient (Wildman–Crippen LogP) is 2.87. The maximum atomic E-state index is 9.33. The summed E-state index contributed by atoms with van der Waals surface area (Å²) in [5, 5.41) is 10.5. The quantitative estimate of drug-likeness (QED) is 0.752. The van der Waals surface area contributed by atoms with Gasteiger partial charge in [-0.15, -0.1) is 0 Å². The van der Waals surface area contributed by atoms with Crippen molar-refractivity contribution < 1.29 is 5.11 Å². The maximum Gasteiger partial charge on any atom is 0.140 e. The largest absolute Gasteiger partial charge is 0.508 e. The third-order valence-electron chi connectivity index (χ3n) is 2.59. The van der Waals surface area contributed by atoms with Gasteiger partial charge in [-0.1, -0.05) is 11.6 Å². The van der Waals surface area contributed by atoms with Crippen molar-refractivity contribution in [3.8, 4) is 5.75 Å². The zero-order valence-corrected chi connectivity index (χ0v) is 8.70. The summed E-state index contributed by atoms with van der Waals surface area (Å²) in [4.78, 5) is 8.68. The van der Waals surface area contributed by atoms with Gasteiger partial charge in [0.1, 0.15) is 16.7 Å². The third kappa shape index (κ3) is 1.53. The van der Waals surface area contributed by atoms with E-state index in [1.54, 1.807) is 18.2 Å². The summed E-state index contributed by atoms with van der Waals surface area (Å²) >= 11 is 6.04. The van der Waals surface area contributed by atoms with Crippen LogP contribution in [0.4, 0.5) is 0 Å². The summed E-state index contributed by atoms with van der Waals surface area (Å²) in [6.07, 6.45) is 2.31. The van der Waals surface area contributed by atoms with Crippen LogP contribution in [0.15, 0.2) is 18.2 Å². The topological polar surface area (TPSA) is 46.0 Å². The van der Waals surface area contributed by atoms with Gasteiger partial charge in [0.05, 0.1) is 5.52 Å². The van der Waals surface area contributed by atoms with Crippen LogP contribution < -0.4 is 0 Å². The van der Waals surface area contributed by atoms with E-state index in [2.05, 4.69) is 9.97 Å². The first kappa shape index (κ1) is 8.92. The Balaban J connectivity index is 2.26. The Bertz CT molecular complexity index is 537. The van der Waals surface area contributed by atoms with Crippen molar-refractivity contribution in [2.24, 2.45) is 0 Å². The molecule has 0 spiro atoms. The molecule has 1 fully saturated rings. The minimum absolute atomic E-state index is 0.187. The molecule has 76 valence electrons. The number of benzene rings is 1. The summed E-state index contributed by atoms with van der Waals surface area (Å²) in [7, 11) is 0. The molecule has 0 amide bonds. The molecule has 1 aliphatic rings. The average molecular weight is 221 g/mol. The van der Waals surface area contributed by atoms with E-state index in [9.17, 15) is 5.11 Å². The molecule has 0 atom stereocenters. The Kier molecular flexibility index (Phi) is 1.83. The van der Waals surface area contributed by atoms with Gasteiger partial charge >= 0.3 is 0 Å². The SMILES string of the molecule is Oc1ccc2nc(C3CC3)nc(Cl)c2c1. The minimum Gasteiger partial charge on any atom is -0.508 e. The number of halogens is 1. The summed E-state index contributed by atoms with van der Waals surface area (Å²) in [6, 6.07) is 4.97. The van der Waals surface area contributed by atoms with Crippen molar-refractivity contribution in [1.82, 2.24) is 9.97 Å². The van der Waals surface area contributed by atoms with E-state index in [4.69, 9.17) is 11.6 Å².